The van der Waals surface area contributed by atoms with Gasteiger partial charge in [0.2, 0.25) is 5.91 Å². The minimum Gasteiger partial charge on any atom is -0.345 e. The predicted molar refractivity (Wildman–Crippen MR) is 78.4 cm³/mol. The fourth-order valence-corrected chi connectivity index (χ4v) is 2.28. The molecule has 0 N–H and O–H groups in total. The third kappa shape index (κ3) is 4.14. The number of aromatic nitrogens is 5. The Morgan fingerprint density at radius 1 is 1.48 bits per heavy atom. The third-order valence-electron chi connectivity index (χ3n) is 3.54. The van der Waals surface area contributed by atoms with E-state index in [1.165, 1.54) is 6.33 Å². The smallest absolute Gasteiger partial charge is 0.227 e. The molecule has 0 saturated carbocycles. The van der Waals surface area contributed by atoms with Gasteiger partial charge >= 0.3 is 0 Å². The quantitative estimate of drug-likeness (QED) is 0.754. The van der Waals surface area contributed by atoms with Crippen LogP contribution in [0.25, 0.3) is 0 Å². The maximum Gasteiger partial charge on any atom is 0.227 e. The Balaban J connectivity index is 1.75. The van der Waals surface area contributed by atoms with E-state index in [2.05, 4.69) is 15.1 Å². The minimum absolute atomic E-state index is 0.107. The van der Waals surface area contributed by atoms with Gasteiger partial charge in [-0.05, 0) is 6.42 Å². The van der Waals surface area contributed by atoms with E-state index >= 15 is 0 Å². The van der Waals surface area contributed by atoms with Gasteiger partial charge in [0.25, 0.3) is 0 Å². The second kappa shape index (κ2) is 7.01. The van der Waals surface area contributed by atoms with Gasteiger partial charge in [-0.15, -0.1) is 0 Å². The maximum atomic E-state index is 12.3. The molecule has 1 amide bonds. The Morgan fingerprint density at radius 3 is 2.90 bits per heavy atom. The number of hydrogen-bond donors (Lipinski definition) is 0. The molecule has 0 aliphatic heterocycles. The number of hydrogen-bond acceptors (Lipinski definition) is 4. The number of carbonyl (C=O) groups excluding carboxylic acids is 1. The average molecular weight is 290 g/mol. The van der Waals surface area contributed by atoms with E-state index in [1.807, 2.05) is 31.8 Å². The zero-order valence-corrected chi connectivity index (χ0v) is 12.8. The fraction of sp³-hybridized carbons (Fsp3) is 0.571. The van der Waals surface area contributed by atoms with Crippen molar-refractivity contribution in [2.75, 3.05) is 13.6 Å². The molecule has 0 bridgehead atoms. The van der Waals surface area contributed by atoms with Crippen LogP contribution in [-0.2, 0) is 24.8 Å². The van der Waals surface area contributed by atoms with Crippen molar-refractivity contribution in [1.29, 1.82) is 0 Å². The average Bonchev–Trinajstić information content (AvgIpc) is 3.10. The summed E-state index contributed by atoms with van der Waals surface area (Å²) in [6.07, 6.45) is 8.62. The molecule has 1 atom stereocenters. The minimum atomic E-state index is -0.107. The zero-order chi connectivity index (χ0) is 15.2. The van der Waals surface area contributed by atoms with Crippen molar-refractivity contribution in [3.63, 3.8) is 0 Å². The monoisotopic (exact) mass is 290 g/mol. The lowest BCUT2D eigenvalue weighted by atomic mass is 10.1. The van der Waals surface area contributed by atoms with Crippen LogP contribution in [0.4, 0.5) is 0 Å². The molecule has 2 aromatic heterocycles. The summed E-state index contributed by atoms with van der Waals surface area (Å²) in [6.45, 7) is 3.20. The zero-order valence-electron chi connectivity index (χ0n) is 12.8. The van der Waals surface area contributed by atoms with Gasteiger partial charge in [0.1, 0.15) is 18.5 Å². The van der Waals surface area contributed by atoms with Gasteiger partial charge in [-0.3, -0.25) is 9.48 Å². The standard InChI is InChI=1S/C14H22N6O/c1-12(9-20-11-15-10-17-20)14(21)19(3)7-4-5-13-16-6-8-18(13)2/h6,8,10-12H,4-5,7,9H2,1-3H3/t12-/m0/s1. The number of amides is 1. The van der Waals surface area contributed by atoms with E-state index in [0.29, 0.717) is 6.54 Å². The van der Waals surface area contributed by atoms with E-state index in [0.717, 1.165) is 25.2 Å². The van der Waals surface area contributed by atoms with Gasteiger partial charge in [0.05, 0.1) is 12.5 Å². The molecule has 7 heteroatoms. The Hall–Kier alpha value is -2.18. The van der Waals surface area contributed by atoms with Crippen molar-refractivity contribution in [2.24, 2.45) is 13.0 Å². The van der Waals surface area contributed by atoms with E-state index in [9.17, 15) is 4.79 Å². The molecule has 0 radical (unpaired) electrons. The highest BCUT2D eigenvalue weighted by Crippen LogP contribution is 2.06. The lowest BCUT2D eigenvalue weighted by Crippen LogP contribution is -2.34. The van der Waals surface area contributed by atoms with Gasteiger partial charge in [-0.1, -0.05) is 6.92 Å². The summed E-state index contributed by atoms with van der Waals surface area (Å²) >= 11 is 0. The highest BCUT2D eigenvalue weighted by atomic mass is 16.2. The summed E-state index contributed by atoms with van der Waals surface area (Å²) in [4.78, 5) is 22.2. The van der Waals surface area contributed by atoms with Gasteiger partial charge in [0.15, 0.2) is 0 Å². The Kier molecular flexibility index (Phi) is 5.08. The van der Waals surface area contributed by atoms with Crippen LogP contribution in [-0.4, -0.2) is 48.7 Å². The van der Waals surface area contributed by atoms with Crippen molar-refractivity contribution in [3.05, 3.63) is 30.9 Å². The first-order valence-electron chi connectivity index (χ1n) is 7.11. The SMILES string of the molecule is C[C@@H](Cn1cncn1)C(=O)N(C)CCCc1nccn1C. The molecular weight excluding hydrogens is 268 g/mol. The summed E-state index contributed by atoms with van der Waals surface area (Å²) in [5.74, 6) is 1.07. The van der Waals surface area contributed by atoms with E-state index in [4.69, 9.17) is 0 Å². The second-order valence-electron chi connectivity index (χ2n) is 5.34. The van der Waals surface area contributed by atoms with Crippen LogP contribution in [0, 0.1) is 5.92 Å². The Morgan fingerprint density at radius 2 is 2.29 bits per heavy atom. The highest BCUT2D eigenvalue weighted by Gasteiger charge is 2.18. The van der Waals surface area contributed by atoms with E-state index in [-0.39, 0.29) is 11.8 Å². The Labute approximate surface area is 124 Å². The van der Waals surface area contributed by atoms with E-state index < -0.39 is 0 Å². The first-order chi connectivity index (χ1) is 10.1. The first-order valence-corrected chi connectivity index (χ1v) is 7.11. The number of rotatable bonds is 7. The summed E-state index contributed by atoms with van der Waals surface area (Å²) in [6, 6.07) is 0. The van der Waals surface area contributed by atoms with Crippen LogP contribution in [0.3, 0.4) is 0 Å². The van der Waals surface area contributed by atoms with Crippen LogP contribution in [0.5, 0.6) is 0 Å². The van der Waals surface area contributed by atoms with Crippen molar-refractivity contribution in [2.45, 2.75) is 26.3 Å². The summed E-state index contributed by atoms with van der Waals surface area (Å²) in [5, 5.41) is 4.03. The Bertz CT molecular complexity index is 562. The molecular formula is C14H22N6O. The second-order valence-corrected chi connectivity index (χ2v) is 5.34. The molecule has 0 saturated heterocycles. The van der Waals surface area contributed by atoms with Gasteiger partial charge in [-0.25, -0.2) is 9.97 Å². The summed E-state index contributed by atoms with van der Waals surface area (Å²) < 4.78 is 3.69. The van der Waals surface area contributed by atoms with Crippen LogP contribution in [0.1, 0.15) is 19.2 Å². The van der Waals surface area contributed by atoms with Gasteiger partial charge < -0.3 is 9.47 Å². The van der Waals surface area contributed by atoms with Gasteiger partial charge in [-0.2, -0.15) is 5.10 Å². The topological polar surface area (TPSA) is 68.8 Å². The molecule has 0 spiro atoms. The number of imidazole rings is 1. The largest absolute Gasteiger partial charge is 0.345 e. The molecule has 2 heterocycles. The number of nitrogens with zero attached hydrogens (tertiary/aromatic N) is 6. The fourth-order valence-electron chi connectivity index (χ4n) is 2.28. The molecule has 0 aliphatic carbocycles. The molecule has 0 aromatic carbocycles. The molecule has 21 heavy (non-hydrogen) atoms. The van der Waals surface area contributed by atoms with Crippen LogP contribution < -0.4 is 0 Å². The number of aryl methyl sites for hydroxylation is 2. The van der Waals surface area contributed by atoms with Gasteiger partial charge in [0, 0.05) is 39.5 Å². The predicted octanol–water partition coefficient (Wildman–Crippen LogP) is 0.739. The molecule has 114 valence electrons. The third-order valence-corrected chi connectivity index (χ3v) is 3.54. The lowest BCUT2D eigenvalue weighted by molar-refractivity contribution is -0.134. The van der Waals surface area contributed by atoms with Crippen molar-refractivity contribution in [1.82, 2.24) is 29.2 Å². The van der Waals surface area contributed by atoms with Crippen molar-refractivity contribution < 1.29 is 4.79 Å². The van der Waals surface area contributed by atoms with Crippen LogP contribution >= 0.6 is 0 Å². The van der Waals surface area contributed by atoms with E-state index in [1.54, 1.807) is 22.1 Å². The molecule has 0 fully saturated rings. The maximum absolute atomic E-state index is 12.3. The summed E-state index contributed by atoms with van der Waals surface area (Å²) in [7, 11) is 3.83. The van der Waals surface area contributed by atoms with Crippen LogP contribution in [0.15, 0.2) is 25.0 Å². The molecule has 7 nitrogen and oxygen atoms in total. The molecule has 2 rings (SSSR count). The normalized spacial score (nSPS) is 12.3. The molecule has 0 aliphatic rings. The number of carbonyl (C=O) groups is 1. The lowest BCUT2D eigenvalue weighted by Gasteiger charge is -2.21. The summed E-state index contributed by atoms with van der Waals surface area (Å²) in [5.41, 5.74) is 0. The van der Waals surface area contributed by atoms with Crippen LogP contribution in [0.2, 0.25) is 0 Å². The molecule has 2 aromatic rings. The molecule has 0 unspecified atom stereocenters. The van der Waals surface area contributed by atoms with Crippen molar-refractivity contribution >= 4 is 5.91 Å². The highest BCUT2D eigenvalue weighted by molar-refractivity contribution is 5.78. The first kappa shape index (κ1) is 15.2. The van der Waals surface area contributed by atoms with Crippen molar-refractivity contribution in [3.8, 4) is 0 Å².